The molecule has 3 rings (SSSR count). The number of piperazine rings is 1. The van der Waals surface area contributed by atoms with Crippen LogP contribution in [0, 0.1) is 9.49 Å². The highest BCUT2D eigenvalue weighted by Gasteiger charge is 2.45. The maximum absolute atomic E-state index is 6.45. The summed E-state index contributed by atoms with van der Waals surface area (Å²) in [5.74, 6) is 0.838. The summed E-state index contributed by atoms with van der Waals surface area (Å²) in [6.45, 7) is 6.73. The van der Waals surface area contributed by atoms with E-state index >= 15 is 0 Å². The summed E-state index contributed by atoms with van der Waals surface area (Å²) < 4.78 is 1.19. The summed E-state index contributed by atoms with van der Waals surface area (Å²) in [5, 5.41) is 4.63. The second kappa shape index (κ2) is 5.08. The minimum Gasteiger partial charge on any atom is -0.364 e. The molecule has 1 saturated heterocycles. The van der Waals surface area contributed by atoms with Crippen molar-refractivity contribution >= 4 is 39.9 Å². The molecule has 2 unspecified atom stereocenters. The Morgan fingerprint density at radius 2 is 2.16 bits per heavy atom. The summed E-state index contributed by atoms with van der Waals surface area (Å²) in [6.07, 6.45) is 2.73. The summed E-state index contributed by atoms with van der Waals surface area (Å²) >= 11 is 8.76. The third-order valence-electron chi connectivity index (χ3n) is 4.53. The minimum atomic E-state index is 0.249. The standard InChI is InChI=1S/C15H20ClIN2/c1-10-8-18-15(2,11-3-4-11)9-19(10)14-6-5-12(17)7-13(14)16/h5-7,10-11,18H,3-4,8-9H2,1-2H3. The van der Waals surface area contributed by atoms with Crippen LogP contribution in [0.25, 0.3) is 0 Å². The predicted octanol–water partition coefficient (Wildman–Crippen LogP) is 3.91. The fourth-order valence-corrected chi connectivity index (χ4v) is 4.05. The van der Waals surface area contributed by atoms with E-state index in [9.17, 15) is 0 Å². The lowest BCUT2D eigenvalue weighted by molar-refractivity contribution is 0.261. The van der Waals surface area contributed by atoms with Crippen LogP contribution in [-0.2, 0) is 0 Å². The van der Waals surface area contributed by atoms with Crippen LogP contribution in [0.3, 0.4) is 0 Å². The van der Waals surface area contributed by atoms with Crippen molar-refractivity contribution in [1.29, 1.82) is 0 Å². The molecule has 0 amide bonds. The fourth-order valence-electron chi connectivity index (χ4n) is 3.09. The van der Waals surface area contributed by atoms with Crippen LogP contribution in [0.15, 0.2) is 18.2 Å². The van der Waals surface area contributed by atoms with Gasteiger partial charge >= 0.3 is 0 Å². The van der Waals surface area contributed by atoms with E-state index in [1.54, 1.807) is 0 Å². The Bertz CT molecular complexity index is 489. The van der Waals surface area contributed by atoms with Crippen LogP contribution in [0.4, 0.5) is 5.69 Å². The first kappa shape index (κ1) is 14.0. The molecule has 0 bridgehead atoms. The van der Waals surface area contributed by atoms with Crippen LogP contribution >= 0.6 is 34.2 Å². The smallest absolute Gasteiger partial charge is 0.0650 e. The van der Waals surface area contributed by atoms with E-state index in [0.29, 0.717) is 6.04 Å². The largest absolute Gasteiger partial charge is 0.364 e. The summed E-state index contributed by atoms with van der Waals surface area (Å²) in [4.78, 5) is 2.48. The monoisotopic (exact) mass is 390 g/mol. The summed E-state index contributed by atoms with van der Waals surface area (Å²) in [6, 6.07) is 6.86. The van der Waals surface area contributed by atoms with Gasteiger partial charge in [-0.15, -0.1) is 0 Å². The third kappa shape index (κ3) is 2.74. The lowest BCUT2D eigenvalue weighted by Crippen LogP contribution is -2.63. The van der Waals surface area contributed by atoms with Crippen molar-refractivity contribution in [2.75, 3.05) is 18.0 Å². The molecule has 1 aromatic carbocycles. The molecule has 1 heterocycles. The van der Waals surface area contributed by atoms with Gasteiger partial charge in [0, 0.05) is 28.2 Å². The molecule has 1 aromatic rings. The molecular formula is C15H20ClIN2. The van der Waals surface area contributed by atoms with Crippen LogP contribution in [0.2, 0.25) is 5.02 Å². The van der Waals surface area contributed by atoms with Gasteiger partial charge in [0.15, 0.2) is 0 Å². The zero-order valence-electron chi connectivity index (χ0n) is 11.4. The van der Waals surface area contributed by atoms with E-state index in [1.807, 2.05) is 0 Å². The Morgan fingerprint density at radius 1 is 1.42 bits per heavy atom. The Morgan fingerprint density at radius 3 is 2.79 bits per heavy atom. The molecular weight excluding hydrogens is 371 g/mol. The first-order valence-electron chi connectivity index (χ1n) is 6.96. The number of benzene rings is 1. The van der Waals surface area contributed by atoms with Crippen LogP contribution in [0.5, 0.6) is 0 Å². The van der Waals surface area contributed by atoms with Crippen molar-refractivity contribution in [2.45, 2.75) is 38.3 Å². The number of halogens is 2. The molecule has 1 N–H and O–H groups in total. The van der Waals surface area contributed by atoms with E-state index in [2.05, 4.69) is 64.9 Å². The van der Waals surface area contributed by atoms with E-state index in [-0.39, 0.29) is 5.54 Å². The normalized spacial score (nSPS) is 31.6. The Labute approximate surface area is 134 Å². The van der Waals surface area contributed by atoms with Gasteiger partial charge in [-0.2, -0.15) is 0 Å². The van der Waals surface area contributed by atoms with Gasteiger partial charge in [-0.1, -0.05) is 11.6 Å². The van der Waals surface area contributed by atoms with Crippen molar-refractivity contribution in [3.8, 4) is 0 Å². The van der Waals surface area contributed by atoms with Gasteiger partial charge in [0.25, 0.3) is 0 Å². The van der Waals surface area contributed by atoms with Crippen molar-refractivity contribution in [3.63, 3.8) is 0 Å². The second-order valence-corrected chi connectivity index (χ2v) is 7.80. The minimum absolute atomic E-state index is 0.249. The summed E-state index contributed by atoms with van der Waals surface area (Å²) in [7, 11) is 0. The Kier molecular flexibility index (Phi) is 3.73. The van der Waals surface area contributed by atoms with Crippen LogP contribution in [0.1, 0.15) is 26.7 Å². The lowest BCUT2D eigenvalue weighted by Gasteiger charge is -2.47. The van der Waals surface area contributed by atoms with Crippen molar-refractivity contribution in [1.82, 2.24) is 5.32 Å². The molecule has 0 aromatic heterocycles. The van der Waals surface area contributed by atoms with Gasteiger partial charge in [-0.05, 0) is 73.4 Å². The highest BCUT2D eigenvalue weighted by molar-refractivity contribution is 14.1. The molecule has 104 valence electrons. The number of rotatable bonds is 2. The zero-order valence-corrected chi connectivity index (χ0v) is 14.3. The zero-order chi connectivity index (χ0) is 13.6. The van der Waals surface area contributed by atoms with Crippen molar-refractivity contribution in [3.05, 3.63) is 26.8 Å². The van der Waals surface area contributed by atoms with Gasteiger partial charge < -0.3 is 10.2 Å². The third-order valence-corrected chi connectivity index (χ3v) is 5.50. The van der Waals surface area contributed by atoms with E-state index in [4.69, 9.17) is 11.6 Å². The first-order valence-corrected chi connectivity index (χ1v) is 8.42. The molecule has 1 aliphatic carbocycles. The molecule has 4 heteroatoms. The average molecular weight is 391 g/mol. The van der Waals surface area contributed by atoms with Crippen LogP contribution in [-0.4, -0.2) is 24.7 Å². The SMILES string of the molecule is CC1CNC(C)(C2CC2)CN1c1ccc(I)cc1Cl. The van der Waals surface area contributed by atoms with Gasteiger partial charge in [0.1, 0.15) is 0 Å². The molecule has 0 spiro atoms. The van der Waals surface area contributed by atoms with E-state index in [0.717, 1.165) is 24.0 Å². The number of hydrogen-bond donors (Lipinski definition) is 1. The lowest BCUT2D eigenvalue weighted by atomic mass is 9.91. The van der Waals surface area contributed by atoms with Gasteiger partial charge in [0.2, 0.25) is 0 Å². The maximum Gasteiger partial charge on any atom is 0.0650 e. The molecule has 1 aliphatic heterocycles. The topological polar surface area (TPSA) is 15.3 Å². The van der Waals surface area contributed by atoms with Crippen molar-refractivity contribution < 1.29 is 0 Å². The van der Waals surface area contributed by atoms with Gasteiger partial charge in [-0.3, -0.25) is 0 Å². The molecule has 2 atom stereocenters. The number of anilines is 1. The van der Waals surface area contributed by atoms with E-state index in [1.165, 1.54) is 22.1 Å². The van der Waals surface area contributed by atoms with Gasteiger partial charge in [-0.25, -0.2) is 0 Å². The molecule has 1 saturated carbocycles. The second-order valence-electron chi connectivity index (χ2n) is 6.15. The van der Waals surface area contributed by atoms with Crippen molar-refractivity contribution in [2.24, 2.45) is 5.92 Å². The molecule has 2 fully saturated rings. The fraction of sp³-hybridized carbons (Fsp3) is 0.600. The first-order chi connectivity index (χ1) is 8.99. The number of nitrogens with one attached hydrogen (secondary N) is 1. The Hall–Kier alpha value is -0.0000000000000000555. The Balaban J connectivity index is 1.88. The molecule has 2 aliphatic rings. The van der Waals surface area contributed by atoms with Gasteiger partial charge in [0.05, 0.1) is 10.7 Å². The molecule has 19 heavy (non-hydrogen) atoms. The summed E-state index contributed by atoms with van der Waals surface area (Å²) in [5.41, 5.74) is 1.43. The van der Waals surface area contributed by atoms with E-state index < -0.39 is 0 Å². The molecule has 2 nitrogen and oxygen atoms in total. The predicted molar refractivity (Wildman–Crippen MR) is 90.1 cm³/mol. The highest BCUT2D eigenvalue weighted by Crippen LogP contribution is 2.42. The molecule has 0 radical (unpaired) electrons. The highest BCUT2D eigenvalue weighted by atomic mass is 127. The number of nitrogens with zero attached hydrogens (tertiary/aromatic N) is 1. The average Bonchev–Trinajstić information content (AvgIpc) is 3.17. The van der Waals surface area contributed by atoms with Crippen LogP contribution < -0.4 is 10.2 Å². The number of hydrogen-bond acceptors (Lipinski definition) is 2. The maximum atomic E-state index is 6.45. The quantitative estimate of drug-likeness (QED) is 0.770.